The van der Waals surface area contributed by atoms with Crippen LogP contribution in [0.1, 0.15) is 37.1 Å². The normalized spacial score (nSPS) is 22.2. The molecule has 9 heteroatoms. The molecule has 1 aromatic heterocycles. The third kappa shape index (κ3) is 3.31. The van der Waals surface area contributed by atoms with Crippen molar-refractivity contribution in [1.82, 2.24) is 15.1 Å². The number of amides is 2. The summed E-state index contributed by atoms with van der Waals surface area (Å²) in [6.07, 6.45) is 1.80. The highest BCUT2D eigenvalue weighted by atomic mass is 35.5. The summed E-state index contributed by atoms with van der Waals surface area (Å²) in [6.45, 7) is 2.36. The Morgan fingerprint density at radius 1 is 1.46 bits per heavy atom. The summed E-state index contributed by atoms with van der Waals surface area (Å²) < 4.78 is 5.50. The van der Waals surface area contributed by atoms with E-state index < -0.39 is 5.25 Å². The van der Waals surface area contributed by atoms with Crippen LogP contribution in [0.25, 0.3) is 0 Å². The van der Waals surface area contributed by atoms with Crippen LogP contribution in [0.4, 0.5) is 5.69 Å². The second-order valence-electron chi connectivity index (χ2n) is 6.34. The third-order valence-electron chi connectivity index (χ3n) is 4.52. The molecule has 1 N–H and O–H groups in total. The molecule has 0 unspecified atom stereocenters. The summed E-state index contributed by atoms with van der Waals surface area (Å²) in [6, 6.07) is 5.15. The molecule has 0 bridgehead atoms. The highest BCUT2D eigenvalue weighted by Crippen LogP contribution is 2.39. The quantitative estimate of drug-likeness (QED) is 0.862. The number of fused-ring (bicyclic) bond motifs is 1. The van der Waals surface area contributed by atoms with E-state index in [9.17, 15) is 9.59 Å². The zero-order chi connectivity index (χ0) is 18.3. The zero-order valence-electron chi connectivity index (χ0n) is 14.1. The van der Waals surface area contributed by atoms with Gasteiger partial charge in [-0.2, -0.15) is 0 Å². The minimum atomic E-state index is -0.471. The molecule has 4 rings (SSSR count). The molecule has 1 aromatic carbocycles. The Morgan fingerprint density at radius 2 is 2.31 bits per heavy atom. The van der Waals surface area contributed by atoms with Crippen molar-refractivity contribution < 1.29 is 14.0 Å². The van der Waals surface area contributed by atoms with Crippen molar-refractivity contribution in [2.24, 2.45) is 0 Å². The van der Waals surface area contributed by atoms with Crippen molar-refractivity contribution >= 4 is 40.9 Å². The minimum Gasteiger partial charge on any atom is -0.423 e. The van der Waals surface area contributed by atoms with Gasteiger partial charge >= 0.3 is 0 Å². The van der Waals surface area contributed by atoms with Gasteiger partial charge in [-0.15, -0.1) is 22.0 Å². The van der Waals surface area contributed by atoms with Crippen LogP contribution in [-0.4, -0.2) is 38.7 Å². The molecule has 2 aliphatic heterocycles. The number of benzene rings is 1. The van der Waals surface area contributed by atoms with E-state index in [4.69, 9.17) is 16.0 Å². The van der Waals surface area contributed by atoms with Gasteiger partial charge in [-0.3, -0.25) is 9.59 Å². The van der Waals surface area contributed by atoms with Gasteiger partial charge in [0.1, 0.15) is 6.04 Å². The second-order valence-corrected chi connectivity index (χ2v) is 8.03. The van der Waals surface area contributed by atoms with Crippen LogP contribution in [0.5, 0.6) is 0 Å². The molecule has 1 saturated heterocycles. The Balaban J connectivity index is 1.47. The highest BCUT2D eigenvalue weighted by molar-refractivity contribution is 8.01. The van der Waals surface area contributed by atoms with Crippen molar-refractivity contribution in [3.8, 4) is 0 Å². The van der Waals surface area contributed by atoms with E-state index in [0.29, 0.717) is 29.0 Å². The van der Waals surface area contributed by atoms with E-state index in [1.54, 1.807) is 24.0 Å². The molecule has 3 heterocycles. The third-order valence-corrected chi connectivity index (χ3v) is 6.03. The maximum atomic E-state index is 12.8. The number of hydrogen-bond donors (Lipinski definition) is 1. The van der Waals surface area contributed by atoms with E-state index >= 15 is 0 Å². The minimum absolute atomic E-state index is 0.0755. The number of hydrogen-bond acceptors (Lipinski definition) is 6. The standard InChI is InChI=1S/C17H17ClN4O3S/c1-9-20-21-17(25-9)12-3-2-6-22(12)15(23)8-14-16(24)19-11-7-10(18)4-5-13(11)26-14/h4-5,7,12,14H,2-3,6,8H2,1H3,(H,19,24)/t12-,14+/m0/s1. The van der Waals surface area contributed by atoms with Gasteiger partial charge < -0.3 is 14.6 Å². The maximum absolute atomic E-state index is 12.8. The Kier molecular flexibility index (Phi) is 4.62. The first-order chi connectivity index (χ1) is 12.5. The highest BCUT2D eigenvalue weighted by Gasteiger charge is 2.37. The predicted octanol–water partition coefficient (Wildman–Crippen LogP) is 3.20. The van der Waals surface area contributed by atoms with Gasteiger partial charge in [-0.1, -0.05) is 11.6 Å². The molecule has 0 spiro atoms. The summed E-state index contributed by atoms with van der Waals surface area (Å²) >= 11 is 7.36. The molecule has 26 heavy (non-hydrogen) atoms. The lowest BCUT2D eigenvalue weighted by atomic mass is 10.2. The summed E-state index contributed by atoms with van der Waals surface area (Å²) in [5, 5.41) is 10.8. The Labute approximate surface area is 159 Å². The fourth-order valence-corrected chi connectivity index (χ4v) is 4.56. The largest absolute Gasteiger partial charge is 0.423 e. The van der Waals surface area contributed by atoms with Crippen LogP contribution >= 0.6 is 23.4 Å². The van der Waals surface area contributed by atoms with E-state index in [1.165, 1.54) is 11.8 Å². The van der Waals surface area contributed by atoms with Crippen LogP contribution in [0.15, 0.2) is 27.5 Å². The van der Waals surface area contributed by atoms with Crippen LogP contribution < -0.4 is 5.32 Å². The summed E-state index contributed by atoms with van der Waals surface area (Å²) in [4.78, 5) is 27.9. The number of nitrogens with one attached hydrogen (secondary N) is 1. The molecular formula is C17H17ClN4O3S. The van der Waals surface area contributed by atoms with Gasteiger partial charge in [0, 0.05) is 29.8 Å². The van der Waals surface area contributed by atoms with Gasteiger partial charge in [0.2, 0.25) is 23.6 Å². The average molecular weight is 393 g/mol. The number of carbonyl (C=O) groups is 2. The summed E-state index contributed by atoms with van der Waals surface area (Å²) in [5.74, 6) is 0.696. The van der Waals surface area contributed by atoms with Crippen molar-refractivity contribution in [2.45, 2.75) is 42.4 Å². The molecule has 2 amide bonds. The number of thioether (sulfide) groups is 1. The first kappa shape index (κ1) is 17.4. The summed E-state index contributed by atoms with van der Waals surface area (Å²) in [5.41, 5.74) is 0.691. The lowest BCUT2D eigenvalue weighted by Gasteiger charge is -2.27. The molecule has 2 aliphatic rings. The number of rotatable bonds is 3. The van der Waals surface area contributed by atoms with Crippen LogP contribution in [-0.2, 0) is 9.59 Å². The lowest BCUT2D eigenvalue weighted by molar-refractivity contribution is -0.133. The van der Waals surface area contributed by atoms with E-state index in [1.807, 2.05) is 6.07 Å². The van der Waals surface area contributed by atoms with Crippen molar-refractivity contribution in [2.75, 3.05) is 11.9 Å². The number of aryl methyl sites for hydroxylation is 1. The summed E-state index contributed by atoms with van der Waals surface area (Å²) in [7, 11) is 0. The molecule has 2 atom stereocenters. The number of aromatic nitrogens is 2. The SMILES string of the molecule is Cc1nnc([C@@H]2CCCN2C(=O)C[C@H]2Sc3ccc(Cl)cc3NC2=O)o1. The first-order valence-electron chi connectivity index (χ1n) is 8.38. The Hall–Kier alpha value is -2.06. The molecule has 0 radical (unpaired) electrons. The van der Waals surface area contributed by atoms with E-state index in [2.05, 4.69) is 15.5 Å². The fraction of sp³-hybridized carbons (Fsp3) is 0.412. The van der Waals surface area contributed by atoms with Crippen LogP contribution in [0.2, 0.25) is 5.02 Å². The monoisotopic (exact) mass is 392 g/mol. The number of likely N-dealkylation sites (tertiary alicyclic amines) is 1. The number of halogens is 1. The molecule has 2 aromatic rings. The lowest BCUT2D eigenvalue weighted by Crippen LogP contribution is -2.37. The van der Waals surface area contributed by atoms with Gasteiger partial charge in [-0.25, -0.2) is 0 Å². The number of carbonyl (C=O) groups excluding carboxylic acids is 2. The Morgan fingerprint density at radius 3 is 3.08 bits per heavy atom. The average Bonchev–Trinajstić information content (AvgIpc) is 3.24. The van der Waals surface area contributed by atoms with Crippen LogP contribution in [0.3, 0.4) is 0 Å². The smallest absolute Gasteiger partial charge is 0.238 e. The van der Waals surface area contributed by atoms with E-state index in [0.717, 1.165) is 17.7 Å². The molecule has 0 saturated carbocycles. The van der Waals surface area contributed by atoms with E-state index in [-0.39, 0.29) is 24.3 Å². The topological polar surface area (TPSA) is 88.3 Å². The first-order valence-corrected chi connectivity index (χ1v) is 9.63. The number of nitrogens with zero attached hydrogens (tertiary/aromatic N) is 3. The van der Waals surface area contributed by atoms with Crippen molar-refractivity contribution in [1.29, 1.82) is 0 Å². The van der Waals surface area contributed by atoms with Crippen LogP contribution in [0, 0.1) is 6.92 Å². The molecule has 0 aliphatic carbocycles. The van der Waals surface area contributed by atoms with Gasteiger partial charge in [0.15, 0.2) is 0 Å². The van der Waals surface area contributed by atoms with Gasteiger partial charge in [-0.05, 0) is 31.0 Å². The Bertz CT molecular complexity index is 871. The molecule has 1 fully saturated rings. The second kappa shape index (κ2) is 6.92. The fourth-order valence-electron chi connectivity index (χ4n) is 3.30. The molecule has 7 nitrogen and oxygen atoms in total. The van der Waals surface area contributed by atoms with Crippen molar-refractivity contribution in [3.05, 3.63) is 35.0 Å². The van der Waals surface area contributed by atoms with Gasteiger partial charge in [0.25, 0.3) is 0 Å². The maximum Gasteiger partial charge on any atom is 0.238 e. The molecule has 136 valence electrons. The van der Waals surface area contributed by atoms with Crippen molar-refractivity contribution in [3.63, 3.8) is 0 Å². The molecular weight excluding hydrogens is 376 g/mol. The van der Waals surface area contributed by atoms with Gasteiger partial charge in [0.05, 0.1) is 10.9 Å². The number of anilines is 1. The predicted molar refractivity (Wildman–Crippen MR) is 97.1 cm³/mol. The zero-order valence-corrected chi connectivity index (χ0v) is 15.6.